The van der Waals surface area contributed by atoms with Gasteiger partial charge in [0.1, 0.15) is 11.7 Å². The second kappa shape index (κ2) is 8.45. The van der Waals surface area contributed by atoms with Crippen LogP contribution in [0.25, 0.3) is 0 Å². The van der Waals surface area contributed by atoms with E-state index in [0.717, 1.165) is 24.3 Å². The van der Waals surface area contributed by atoms with E-state index in [9.17, 15) is 9.59 Å². The van der Waals surface area contributed by atoms with E-state index in [-0.39, 0.29) is 5.78 Å². The van der Waals surface area contributed by atoms with Crippen LogP contribution in [0, 0.1) is 5.92 Å². The SMILES string of the molecule is CCOC(=O)C(Cc1ccc(N(CC)CC)cc1)C(C)=O. The number of nitrogens with zero attached hydrogens (tertiary/aromatic N) is 1. The van der Waals surface area contributed by atoms with Crippen LogP contribution in [0.3, 0.4) is 0 Å². The van der Waals surface area contributed by atoms with Gasteiger partial charge in [0.05, 0.1) is 6.61 Å². The highest BCUT2D eigenvalue weighted by molar-refractivity contribution is 5.98. The van der Waals surface area contributed by atoms with Crippen molar-refractivity contribution >= 4 is 17.4 Å². The van der Waals surface area contributed by atoms with Gasteiger partial charge in [0.2, 0.25) is 0 Å². The number of anilines is 1. The van der Waals surface area contributed by atoms with Crippen LogP contribution in [-0.2, 0) is 20.7 Å². The maximum Gasteiger partial charge on any atom is 0.316 e. The van der Waals surface area contributed by atoms with Crippen LogP contribution >= 0.6 is 0 Å². The molecule has 0 fully saturated rings. The van der Waals surface area contributed by atoms with Gasteiger partial charge < -0.3 is 9.64 Å². The van der Waals surface area contributed by atoms with Crippen LogP contribution in [0.15, 0.2) is 24.3 Å². The Morgan fingerprint density at radius 3 is 2.10 bits per heavy atom. The van der Waals surface area contributed by atoms with Gasteiger partial charge in [-0.25, -0.2) is 0 Å². The van der Waals surface area contributed by atoms with E-state index < -0.39 is 11.9 Å². The highest BCUT2D eigenvalue weighted by atomic mass is 16.5. The monoisotopic (exact) mass is 291 g/mol. The van der Waals surface area contributed by atoms with Crippen molar-refractivity contribution in [1.29, 1.82) is 0 Å². The molecule has 0 radical (unpaired) electrons. The maximum absolute atomic E-state index is 11.8. The van der Waals surface area contributed by atoms with E-state index in [4.69, 9.17) is 4.74 Å². The van der Waals surface area contributed by atoms with Crippen molar-refractivity contribution in [1.82, 2.24) is 0 Å². The molecule has 0 aliphatic heterocycles. The fourth-order valence-corrected chi connectivity index (χ4v) is 2.30. The molecule has 0 saturated carbocycles. The van der Waals surface area contributed by atoms with Crippen LogP contribution in [0.5, 0.6) is 0 Å². The zero-order chi connectivity index (χ0) is 15.8. The Morgan fingerprint density at radius 1 is 1.10 bits per heavy atom. The lowest BCUT2D eigenvalue weighted by Gasteiger charge is -2.21. The molecule has 116 valence electrons. The number of esters is 1. The molecule has 1 rings (SSSR count). The molecular formula is C17H25NO3. The topological polar surface area (TPSA) is 46.6 Å². The zero-order valence-corrected chi connectivity index (χ0v) is 13.4. The van der Waals surface area contributed by atoms with Crippen molar-refractivity contribution in [2.75, 3.05) is 24.6 Å². The Kier molecular flexibility index (Phi) is 6.92. The maximum atomic E-state index is 11.8. The summed E-state index contributed by atoms with van der Waals surface area (Å²) in [5.74, 6) is -1.29. The molecule has 4 heteroatoms. The van der Waals surface area contributed by atoms with Crippen LogP contribution in [0.2, 0.25) is 0 Å². The molecule has 1 aromatic carbocycles. The molecule has 0 amide bonds. The fourth-order valence-electron chi connectivity index (χ4n) is 2.30. The van der Waals surface area contributed by atoms with Crippen LogP contribution < -0.4 is 4.90 Å². The first kappa shape index (κ1) is 17.2. The molecule has 0 aliphatic rings. The van der Waals surface area contributed by atoms with Gasteiger partial charge >= 0.3 is 5.97 Å². The molecule has 0 aliphatic carbocycles. The number of ether oxygens (including phenoxy) is 1. The minimum atomic E-state index is -0.704. The van der Waals surface area contributed by atoms with Crippen LogP contribution in [0.1, 0.15) is 33.3 Å². The quantitative estimate of drug-likeness (QED) is 0.546. The van der Waals surface area contributed by atoms with Gasteiger partial charge in [-0.05, 0) is 51.8 Å². The summed E-state index contributed by atoms with van der Waals surface area (Å²) in [4.78, 5) is 25.7. The first-order chi connectivity index (χ1) is 10.0. The van der Waals surface area contributed by atoms with E-state index in [1.807, 2.05) is 24.3 Å². The first-order valence-electron chi connectivity index (χ1n) is 7.54. The van der Waals surface area contributed by atoms with E-state index in [2.05, 4.69) is 18.7 Å². The molecule has 4 nitrogen and oxygen atoms in total. The average molecular weight is 291 g/mol. The summed E-state index contributed by atoms with van der Waals surface area (Å²) in [5, 5.41) is 0. The number of ketones is 1. The van der Waals surface area contributed by atoms with E-state index in [1.165, 1.54) is 6.92 Å². The van der Waals surface area contributed by atoms with Crippen LogP contribution in [0.4, 0.5) is 5.69 Å². The lowest BCUT2D eigenvalue weighted by molar-refractivity contribution is -0.151. The highest BCUT2D eigenvalue weighted by Gasteiger charge is 2.24. The normalized spacial score (nSPS) is 11.8. The summed E-state index contributed by atoms with van der Waals surface area (Å²) in [6.07, 6.45) is 0.396. The molecule has 1 aromatic rings. The fraction of sp³-hybridized carbons (Fsp3) is 0.529. The molecule has 0 N–H and O–H groups in total. The van der Waals surface area contributed by atoms with Gasteiger partial charge in [0, 0.05) is 18.8 Å². The summed E-state index contributed by atoms with van der Waals surface area (Å²) in [5.41, 5.74) is 2.12. The zero-order valence-electron chi connectivity index (χ0n) is 13.4. The predicted octanol–water partition coefficient (Wildman–Crippen LogP) is 2.84. The number of carbonyl (C=O) groups is 2. The number of rotatable bonds is 8. The molecule has 21 heavy (non-hydrogen) atoms. The standard InChI is InChI=1S/C17H25NO3/c1-5-18(6-2)15-10-8-14(9-11-15)12-16(13(4)19)17(20)21-7-3/h8-11,16H,5-7,12H2,1-4H3. The summed E-state index contributed by atoms with van der Waals surface area (Å²) in [7, 11) is 0. The first-order valence-corrected chi connectivity index (χ1v) is 7.54. The Morgan fingerprint density at radius 2 is 1.67 bits per heavy atom. The molecular weight excluding hydrogens is 266 g/mol. The number of carbonyl (C=O) groups excluding carboxylic acids is 2. The third kappa shape index (κ3) is 4.88. The third-order valence-electron chi connectivity index (χ3n) is 3.57. The summed E-state index contributed by atoms with van der Waals surface area (Å²) in [6.45, 7) is 9.61. The molecule has 1 unspecified atom stereocenters. The van der Waals surface area contributed by atoms with Crippen molar-refractivity contribution < 1.29 is 14.3 Å². The number of hydrogen-bond donors (Lipinski definition) is 0. The molecule has 0 spiro atoms. The second-order valence-corrected chi connectivity index (χ2v) is 4.96. The number of Topliss-reactive ketones (excluding diaryl/α,β-unsaturated/α-hetero) is 1. The Labute approximate surface area is 127 Å². The Hall–Kier alpha value is -1.84. The lowest BCUT2D eigenvalue weighted by atomic mass is 9.96. The molecule has 1 atom stereocenters. The van der Waals surface area contributed by atoms with E-state index in [1.54, 1.807) is 6.92 Å². The van der Waals surface area contributed by atoms with Crippen molar-refractivity contribution in [3.05, 3.63) is 29.8 Å². The van der Waals surface area contributed by atoms with Gasteiger partial charge in [-0.15, -0.1) is 0 Å². The summed E-state index contributed by atoms with van der Waals surface area (Å²) < 4.78 is 4.97. The van der Waals surface area contributed by atoms with Crippen molar-refractivity contribution in [2.24, 2.45) is 5.92 Å². The van der Waals surface area contributed by atoms with Crippen molar-refractivity contribution in [3.8, 4) is 0 Å². The van der Waals surface area contributed by atoms with Crippen molar-refractivity contribution in [2.45, 2.75) is 34.1 Å². The Bertz CT molecular complexity index is 463. The van der Waals surface area contributed by atoms with Gasteiger partial charge in [0.15, 0.2) is 0 Å². The molecule has 0 heterocycles. The Balaban J connectivity index is 2.81. The average Bonchev–Trinajstić information content (AvgIpc) is 2.47. The molecule has 0 aromatic heterocycles. The summed E-state index contributed by atoms with van der Waals surface area (Å²) in [6, 6.07) is 8.01. The summed E-state index contributed by atoms with van der Waals surface area (Å²) >= 11 is 0. The lowest BCUT2D eigenvalue weighted by Crippen LogP contribution is -2.26. The predicted molar refractivity (Wildman–Crippen MR) is 84.5 cm³/mol. The molecule has 0 bridgehead atoms. The highest BCUT2D eigenvalue weighted by Crippen LogP contribution is 2.18. The second-order valence-electron chi connectivity index (χ2n) is 4.96. The number of hydrogen-bond acceptors (Lipinski definition) is 4. The minimum Gasteiger partial charge on any atom is -0.465 e. The number of benzene rings is 1. The van der Waals surface area contributed by atoms with Gasteiger partial charge in [-0.2, -0.15) is 0 Å². The van der Waals surface area contributed by atoms with E-state index >= 15 is 0 Å². The van der Waals surface area contributed by atoms with E-state index in [0.29, 0.717) is 13.0 Å². The van der Waals surface area contributed by atoms with Gasteiger partial charge in [-0.3, -0.25) is 9.59 Å². The van der Waals surface area contributed by atoms with Gasteiger partial charge in [-0.1, -0.05) is 12.1 Å². The van der Waals surface area contributed by atoms with Gasteiger partial charge in [0.25, 0.3) is 0 Å². The molecule has 0 saturated heterocycles. The van der Waals surface area contributed by atoms with Crippen molar-refractivity contribution in [3.63, 3.8) is 0 Å². The third-order valence-corrected chi connectivity index (χ3v) is 3.57. The van der Waals surface area contributed by atoms with Crippen LogP contribution in [-0.4, -0.2) is 31.4 Å². The smallest absolute Gasteiger partial charge is 0.316 e. The largest absolute Gasteiger partial charge is 0.465 e. The minimum absolute atomic E-state index is 0.152.